The van der Waals surface area contributed by atoms with E-state index in [9.17, 15) is 14.7 Å². The Labute approximate surface area is 155 Å². The summed E-state index contributed by atoms with van der Waals surface area (Å²) in [6, 6.07) is 16.0. The number of ether oxygens (including phenoxy) is 1. The van der Waals surface area contributed by atoms with Crippen LogP contribution in [0.4, 0.5) is 5.69 Å². The molecular weight excluding hydrogens is 348 g/mol. The summed E-state index contributed by atoms with van der Waals surface area (Å²) in [4.78, 5) is 25.9. The van der Waals surface area contributed by atoms with Crippen LogP contribution < -0.4 is 9.64 Å². The molecule has 1 N–H and O–H groups in total. The van der Waals surface area contributed by atoms with Gasteiger partial charge in [-0.15, -0.1) is 5.10 Å². The van der Waals surface area contributed by atoms with Crippen LogP contribution in [0.15, 0.2) is 54.6 Å². The van der Waals surface area contributed by atoms with E-state index in [1.807, 2.05) is 6.07 Å². The first-order valence-electron chi connectivity index (χ1n) is 8.14. The summed E-state index contributed by atoms with van der Waals surface area (Å²) in [7, 11) is 3.13. The molecule has 27 heavy (non-hydrogen) atoms. The van der Waals surface area contributed by atoms with Crippen molar-refractivity contribution in [2.75, 3.05) is 19.1 Å². The first-order chi connectivity index (χ1) is 13.0. The summed E-state index contributed by atoms with van der Waals surface area (Å²) in [6.45, 7) is 0.168. The van der Waals surface area contributed by atoms with Gasteiger partial charge in [-0.05, 0) is 29.8 Å². The maximum atomic E-state index is 12.7. The van der Waals surface area contributed by atoms with E-state index >= 15 is 0 Å². The van der Waals surface area contributed by atoms with Crippen LogP contribution in [0.25, 0.3) is 0 Å². The normalized spacial score (nSPS) is 10.4. The van der Waals surface area contributed by atoms with Crippen molar-refractivity contribution in [3.8, 4) is 5.75 Å². The SMILES string of the molecule is COc1ccc(Cn2nnc(C(=O)N(C)c3ccccc3)c2C(=O)O)cc1. The van der Waals surface area contributed by atoms with E-state index in [1.54, 1.807) is 62.7 Å². The van der Waals surface area contributed by atoms with Gasteiger partial charge in [-0.25, -0.2) is 9.48 Å². The number of aromatic carboxylic acids is 1. The van der Waals surface area contributed by atoms with Crippen LogP contribution in [0, 0.1) is 0 Å². The lowest BCUT2D eigenvalue weighted by Gasteiger charge is -2.16. The molecule has 0 unspecified atom stereocenters. The van der Waals surface area contributed by atoms with Crippen molar-refractivity contribution in [1.29, 1.82) is 0 Å². The predicted molar refractivity (Wildman–Crippen MR) is 98.3 cm³/mol. The highest BCUT2D eigenvalue weighted by molar-refractivity contribution is 6.09. The van der Waals surface area contributed by atoms with Gasteiger partial charge in [0.25, 0.3) is 5.91 Å². The van der Waals surface area contributed by atoms with Gasteiger partial charge in [0.15, 0.2) is 11.4 Å². The number of carboxylic acids is 1. The smallest absolute Gasteiger partial charge is 0.356 e. The molecule has 1 amide bonds. The number of carbonyl (C=O) groups is 2. The number of methoxy groups -OCH3 is 1. The van der Waals surface area contributed by atoms with Gasteiger partial charge in [-0.2, -0.15) is 0 Å². The van der Waals surface area contributed by atoms with Gasteiger partial charge in [0.1, 0.15) is 5.75 Å². The Morgan fingerprint density at radius 1 is 1.11 bits per heavy atom. The highest BCUT2D eigenvalue weighted by Crippen LogP contribution is 2.18. The molecule has 0 bridgehead atoms. The third-order valence-corrected chi connectivity index (χ3v) is 4.08. The van der Waals surface area contributed by atoms with Crippen molar-refractivity contribution >= 4 is 17.6 Å². The summed E-state index contributed by atoms with van der Waals surface area (Å²) >= 11 is 0. The minimum absolute atomic E-state index is 0.168. The Morgan fingerprint density at radius 3 is 2.37 bits per heavy atom. The maximum absolute atomic E-state index is 12.7. The van der Waals surface area contributed by atoms with Crippen molar-refractivity contribution in [3.63, 3.8) is 0 Å². The molecule has 3 aromatic rings. The Morgan fingerprint density at radius 2 is 1.78 bits per heavy atom. The summed E-state index contributed by atoms with van der Waals surface area (Å²) in [5.74, 6) is -1.12. The molecule has 0 saturated heterocycles. The fourth-order valence-electron chi connectivity index (χ4n) is 2.61. The molecule has 2 aromatic carbocycles. The van der Waals surface area contributed by atoms with Gasteiger partial charge < -0.3 is 14.7 Å². The van der Waals surface area contributed by atoms with E-state index in [1.165, 1.54) is 9.58 Å². The van der Waals surface area contributed by atoms with Crippen LogP contribution in [0.1, 0.15) is 26.5 Å². The van der Waals surface area contributed by atoms with Crippen molar-refractivity contribution in [1.82, 2.24) is 15.0 Å². The van der Waals surface area contributed by atoms with Crippen molar-refractivity contribution < 1.29 is 19.4 Å². The van der Waals surface area contributed by atoms with E-state index in [0.717, 1.165) is 5.56 Å². The average Bonchev–Trinajstić information content (AvgIpc) is 3.12. The van der Waals surface area contributed by atoms with Gasteiger partial charge >= 0.3 is 5.97 Å². The van der Waals surface area contributed by atoms with Crippen LogP contribution in [0.3, 0.4) is 0 Å². The van der Waals surface area contributed by atoms with Crippen molar-refractivity contribution in [3.05, 3.63) is 71.5 Å². The number of carboxylic acid groups (broad SMARTS) is 1. The Bertz CT molecular complexity index is 952. The molecule has 8 heteroatoms. The number of carbonyl (C=O) groups excluding carboxylic acids is 1. The van der Waals surface area contributed by atoms with Gasteiger partial charge in [-0.3, -0.25) is 4.79 Å². The molecule has 0 radical (unpaired) electrons. The lowest BCUT2D eigenvalue weighted by Crippen LogP contribution is -2.28. The summed E-state index contributed by atoms with van der Waals surface area (Å²) < 4.78 is 6.31. The molecule has 0 aliphatic rings. The van der Waals surface area contributed by atoms with Gasteiger partial charge in [0.2, 0.25) is 0 Å². The molecular formula is C19H18N4O4. The number of nitrogens with zero attached hydrogens (tertiary/aromatic N) is 4. The van der Waals surface area contributed by atoms with E-state index in [4.69, 9.17) is 4.74 Å². The lowest BCUT2D eigenvalue weighted by atomic mass is 10.2. The second-order valence-corrected chi connectivity index (χ2v) is 5.80. The number of rotatable bonds is 6. The molecule has 8 nitrogen and oxygen atoms in total. The third kappa shape index (κ3) is 3.79. The monoisotopic (exact) mass is 366 g/mol. The largest absolute Gasteiger partial charge is 0.497 e. The average molecular weight is 366 g/mol. The van der Waals surface area contributed by atoms with E-state index < -0.39 is 11.9 Å². The molecule has 1 heterocycles. The molecule has 0 spiro atoms. The zero-order valence-corrected chi connectivity index (χ0v) is 14.9. The number of amides is 1. The number of aromatic nitrogens is 3. The van der Waals surface area contributed by atoms with Crippen LogP contribution in [-0.4, -0.2) is 46.1 Å². The standard InChI is InChI=1S/C19H18N4O4/c1-22(14-6-4-3-5-7-14)18(24)16-17(19(25)26)23(21-20-16)12-13-8-10-15(27-2)11-9-13/h3-11H,12H2,1-2H3,(H,25,26). The molecule has 0 fully saturated rings. The summed E-state index contributed by atoms with van der Waals surface area (Å²) in [5, 5.41) is 17.3. The van der Waals surface area contributed by atoms with Gasteiger partial charge in [0, 0.05) is 12.7 Å². The second-order valence-electron chi connectivity index (χ2n) is 5.80. The molecule has 0 aliphatic heterocycles. The van der Waals surface area contributed by atoms with Crippen molar-refractivity contribution in [2.24, 2.45) is 0 Å². The number of benzene rings is 2. The molecule has 0 saturated carbocycles. The molecule has 0 aliphatic carbocycles. The van der Waals surface area contributed by atoms with E-state index in [0.29, 0.717) is 11.4 Å². The molecule has 3 rings (SSSR count). The zero-order valence-electron chi connectivity index (χ0n) is 14.9. The Balaban J connectivity index is 1.90. The van der Waals surface area contributed by atoms with Crippen LogP contribution in [0.2, 0.25) is 0 Å². The van der Waals surface area contributed by atoms with E-state index in [-0.39, 0.29) is 17.9 Å². The number of anilines is 1. The third-order valence-electron chi connectivity index (χ3n) is 4.08. The highest BCUT2D eigenvalue weighted by atomic mass is 16.5. The summed E-state index contributed by atoms with van der Waals surface area (Å²) in [5.41, 5.74) is 0.975. The quantitative estimate of drug-likeness (QED) is 0.719. The minimum atomic E-state index is -1.27. The molecule has 0 atom stereocenters. The second kappa shape index (κ2) is 7.69. The first kappa shape index (κ1) is 18.1. The highest BCUT2D eigenvalue weighted by Gasteiger charge is 2.27. The van der Waals surface area contributed by atoms with Crippen LogP contribution in [0.5, 0.6) is 5.75 Å². The first-order valence-corrected chi connectivity index (χ1v) is 8.14. The lowest BCUT2D eigenvalue weighted by molar-refractivity contribution is 0.0679. The number of para-hydroxylation sites is 1. The van der Waals surface area contributed by atoms with Crippen LogP contribution in [-0.2, 0) is 6.54 Å². The van der Waals surface area contributed by atoms with Crippen molar-refractivity contribution in [2.45, 2.75) is 6.54 Å². The minimum Gasteiger partial charge on any atom is -0.497 e. The van der Waals surface area contributed by atoms with Gasteiger partial charge in [0.05, 0.1) is 13.7 Å². The summed E-state index contributed by atoms with van der Waals surface area (Å²) in [6.07, 6.45) is 0. The Hall–Kier alpha value is -3.68. The topological polar surface area (TPSA) is 97.5 Å². The van der Waals surface area contributed by atoms with E-state index in [2.05, 4.69) is 10.3 Å². The fourth-order valence-corrected chi connectivity index (χ4v) is 2.61. The van der Waals surface area contributed by atoms with Crippen LogP contribution >= 0.6 is 0 Å². The zero-order chi connectivity index (χ0) is 19.4. The molecule has 138 valence electrons. The van der Waals surface area contributed by atoms with Gasteiger partial charge in [-0.1, -0.05) is 35.5 Å². The predicted octanol–water partition coefficient (Wildman–Crippen LogP) is 2.31. The molecule has 1 aromatic heterocycles. The maximum Gasteiger partial charge on any atom is 0.356 e. The fraction of sp³-hybridized carbons (Fsp3) is 0.158. The Kier molecular flexibility index (Phi) is 5.16. The number of hydrogen-bond donors (Lipinski definition) is 1. The number of hydrogen-bond acceptors (Lipinski definition) is 5.